The highest BCUT2D eigenvalue weighted by molar-refractivity contribution is 4.92. The van der Waals surface area contributed by atoms with Crippen LogP contribution in [-0.4, -0.2) is 26.8 Å². The molecule has 0 spiro atoms. The van der Waals surface area contributed by atoms with Gasteiger partial charge >= 0.3 is 0 Å². The summed E-state index contributed by atoms with van der Waals surface area (Å²) < 4.78 is 5.54. The highest BCUT2D eigenvalue weighted by Crippen LogP contribution is 2.21. The molecule has 0 aliphatic heterocycles. The van der Waals surface area contributed by atoms with Gasteiger partial charge in [-0.25, -0.2) is 0 Å². The van der Waals surface area contributed by atoms with E-state index in [2.05, 4.69) is 25.7 Å². The number of nitrogens with one attached hydrogen (secondary N) is 1. The lowest BCUT2D eigenvalue weighted by molar-refractivity contribution is 0.108. The van der Waals surface area contributed by atoms with Gasteiger partial charge in [-0.3, -0.25) is 0 Å². The second kappa shape index (κ2) is 8.01. The van der Waals surface area contributed by atoms with E-state index in [0.29, 0.717) is 0 Å². The Morgan fingerprint density at radius 1 is 1.43 bits per heavy atom. The minimum absolute atomic E-state index is 0.168. The van der Waals surface area contributed by atoms with Crippen LogP contribution in [0.15, 0.2) is 12.7 Å². The third kappa shape index (κ3) is 6.17. The van der Waals surface area contributed by atoms with Crippen molar-refractivity contribution >= 4 is 0 Å². The molecule has 14 heavy (non-hydrogen) atoms. The van der Waals surface area contributed by atoms with Gasteiger partial charge in [0.1, 0.15) is 0 Å². The van der Waals surface area contributed by atoms with Crippen molar-refractivity contribution in [3.05, 3.63) is 12.7 Å². The molecule has 2 nitrogen and oxygen atoms in total. The summed E-state index contributed by atoms with van der Waals surface area (Å²) in [4.78, 5) is 0. The molecule has 0 heterocycles. The lowest BCUT2D eigenvalue weighted by Crippen LogP contribution is -2.29. The van der Waals surface area contributed by atoms with Gasteiger partial charge in [0, 0.05) is 19.8 Å². The molecule has 0 rings (SSSR count). The maximum atomic E-state index is 5.54. The molecule has 0 fully saturated rings. The zero-order chi connectivity index (χ0) is 10.9. The molecule has 0 aromatic carbocycles. The molecule has 0 saturated carbocycles. The van der Waals surface area contributed by atoms with Crippen LogP contribution in [-0.2, 0) is 4.74 Å². The summed E-state index contributed by atoms with van der Waals surface area (Å²) in [6.45, 7) is 11.0. The smallest absolute Gasteiger partial charge is 0.0474 e. The lowest BCUT2D eigenvalue weighted by Gasteiger charge is -2.25. The Morgan fingerprint density at radius 3 is 2.64 bits per heavy atom. The largest absolute Gasteiger partial charge is 0.381 e. The normalized spacial score (nSPS) is 15.1. The van der Waals surface area contributed by atoms with Gasteiger partial charge in [0.25, 0.3) is 0 Å². The van der Waals surface area contributed by atoms with Crippen molar-refractivity contribution in [2.45, 2.75) is 33.1 Å². The van der Waals surface area contributed by atoms with Crippen LogP contribution in [0.3, 0.4) is 0 Å². The number of ether oxygens (including phenoxy) is 1. The van der Waals surface area contributed by atoms with Crippen LogP contribution in [0.2, 0.25) is 0 Å². The number of hydrogen-bond donors (Lipinski definition) is 1. The first kappa shape index (κ1) is 13.7. The Morgan fingerprint density at radius 2 is 2.14 bits per heavy atom. The van der Waals surface area contributed by atoms with Crippen LogP contribution in [0, 0.1) is 5.41 Å². The average molecular weight is 199 g/mol. The van der Waals surface area contributed by atoms with Crippen molar-refractivity contribution in [1.82, 2.24) is 5.32 Å². The third-order valence-corrected chi connectivity index (χ3v) is 2.53. The lowest BCUT2D eigenvalue weighted by atomic mass is 9.87. The van der Waals surface area contributed by atoms with Crippen LogP contribution in [0.5, 0.6) is 0 Å². The molecule has 0 saturated heterocycles. The number of rotatable bonds is 9. The van der Waals surface area contributed by atoms with Gasteiger partial charge in [-0.05, 0) is 25.3 Å². The van der Waals surface area contributed by atoms with E-state index in [4.69, 9.17) is 4.74 Å². The van der Waals surface area contributed by atoms with E-state index in [1.165, 1.54) is 6.42 Å². The van der Waals surface area contributed by atoms with Crippen LogP contribution >= 0.6 is 0 Å². The van der Waals surface area contributed by atoms with Crippen LogP contribution in [0.25, 0.3) is 0 Å². The van der Waals surface area contributed by atoms with Gasteiger partial charge in [-0.15, -0.1) is 6.58 Å². The fraction of sp³-hybridized carbons (Fsp3) is 0.833. The van der Waals surface area contributed by atoms with Gasteiger partial charge in [0.05, 0.1) is 0 Å². The van der Waals surface area contributed by atoms with Gasteiger partial charge in [0.15, 0.2) is 0 Å². The van der Waals surface area contributed by atoms with Crippen LogP contribution in [0.1, 0.15) is 33.1 Å². The van der Waals surface area contributed by atoms with E-state index in [0.717, 1.165) is 32.6 Å². The van der Waals surface area contributed by atoms with Crippen molar-refractivity contribution in [2.75, 3.05) is 26.8 Å². The van der Waals surface area contributed by atoms with Crippen molar-refractivity contribution in [1.29, 1.82) is 0 Å². The second-order valence-electron chi connectivity index (χ2n) is 4.10. The quantitative estimate of drug-likeness (QED) is 0.455. The van der Waals surface area contributed by atoms with Crippen LogP contribution < -0.4 is 5.32 Å². The molecular formula is C12H25NO. The van der Waals surface area contributed by atoms with Crippen molar-refractivity contribution in [2.24, 2.45) is 5.41 Å². The monoisotopic (exact) mass is 199 g/mol. The Balaban J connectivity index is 3.56. The van der Waals surface area contributed by atoms with E-state index >= 15 is 0 Å². The predicted molar refractivity (Wildman–Crippen MR) is 62.6 cm³/mol. The van der Waals surface area contributed by atoms with E-state index in [1.807, 2.05) is 13.1 Å². The Bertz CT molecular complexity index is 147. The molecule has 0 aliphatic carbocycles. The molecule has 1 N–H and O–H groups in total. The number of unbranched alkanes of at least 4 members (excludes halogenated alkanes) is 1. The topological polar surface area (TPSA) is 21.3 Å². The Kier molecular flexibility index (Phi) is 7.81. The third-order valence-electron chi connectivity index (χ3n) is 2.53. The van der Waals surface area contributed by atoms with Gasteiger partial charge in [-0.1, -0.05) is 26.3 Å². The molecule has 2 heteroatoms. The first-order chi connectivity index (χ1) is 6.68. The highest BCUT2D eigenvalue weighted by atomic mass is 16.5. The molecule has 0 aromatic heterocycles. The summed E-state index contributed by atoms with van der Waals surface area (Å²) >= 11 is 0. The molecular weight excluding hydrogens is 174 g/mol. The summed E-state index contributed by atoms with van der Waals surface area (Å²) in [5, 5.41) is 3.18. The number of hydrogen-bond acceptors (Lipinski definition) is 2. The Hall–Kier alpha value is -0.340. The second-order valence-corrected chi connectivity index (χ2v) is 4.10. The average Bonchev–Trinajstić information content (AvgIpc) is 2.18. The van der Waals surface area contributed by atoms with E-state index < -0.39 is 0 Å². The van der Waals surface area contributed by atoms with Gasteiger partial charge in [-0.2, -0.15) is 0 Å². The van der Waals surface area contributed by atoms with E-state index in [-0.39, 0.29) is 5.41 Å². The first-order valence-corrected chi connectivity index (χ1v) is 5.54. The predicted octanol–water partition coefficient (Wildman–Crippen LogP) is 2.60. The summed E-state index contributed by atoms with van der Waals surface area (Å²) in [6.07, 6.45) is 5.43. The molecule has 0 aliphatic rings. The minimum Gasteiger partial charge on any atom is -0.381 e. The van der Waals surface area contributed by atoms with Gasteiger partial charge in [0.2, 0.25) is 0 Å². The standard InChI is InChI=1S/C12H25NO/c1-5-7-9-14-10-8-12(3,6-2)11-13-4/h6,13H,2,5,7-11H2,1,3-4H3. The highest BCUT2D eigenvalue weighted by Gasteiger charge is 2.18. The summed E-state index contributed by atoms with van der Waals surface area (Å²) in [5.41, 5.74) is 0.168. The first-order valence-electron chi connectivity index (χ1n) is 5.54. The van der Waals surface area contributed by atoms with Crippen LogP contribution in [0.4, 0.5) is 0 Å². The van der Waals surface area contributed by atoms with Crippen molar-refractivity contribution < 1.29 is 4.74 Å². The van der Waals surface area contributed by atoms with Gasteiger partial charge < -0.3 is 10.1 Å². The molecule has 1 unspecified atom stereocenters. The van der Waals surface area contributed by atoms with E-state index in [1.54, 1.807) is 0 Å². The maximum Gasteiger partial charge on any atom is 0.0474 e. The SMILES string of the molecule is C=CC(C)(CCOCCCC)CNC. The fourth-order valence-corrected chi connectivity index (χ4v) is 1.32. The van der Waals surface area contributed by atoms with Crippen molar-refractivity contribution in [3.63, 3.8) is 0 Å². The Labute approximate surface area is 88.7 Å². The fourth-order valence-electron chi connectivity index (χ4n) is 1.32. The molecule has 0 aromatic rings. The zero-order valence-electron chi connectivity index (χ0n) is 9.94. The summed E-state index contributed by atoms with van der Waals surface area (Å²) in [6, 6.07) is 0. The summed E-state index contributed by atoms with van der Waals surface area (Å²) in [7, 11) is 1.97. The molecule has 1 atom stereocenters. The zero-order valence-corrected chi connectivity index (χ0v) is 9.94. The van der Waals surface area contributed by atoms with E-state index in [9.17, 15) is 0 Å². The van der Waals surface area contributed by atoms with Crippen molar-refractivity contribution in [3.8, 4) is 0 Å². The molecule has 0 bridgehead atoms. The summed E-state index contributed by atoms with van der Waals surface area (Å²) in [5.74, 6) is 0. The maximum absolute atomic E-state index is 5.54. The molecule has 84 valence electrons. The molecule has 0 amide bonds. The molecule has 0 radical (unpaired) electrons. The minimum atomic E-state index is 0.168.